The molecule has 0 radical (unpaired) electrons. The normalized spacial score (nSPS) is 10.9. The van der Waals surface area contributed by atoms with Gasteiger partial charge in [0.05, 0.1) is 11.0 Å². The molecular formula is C21H15Br2ClFN5O2. The van der Waals surface area contributed by atoms with E-state index < -0.39 is 11.7 Å². The van der Waals surface area contributed by atoms with Crippen LogP contribution in [-0.4, -0.2) is 25.5 Å². The summed E-state index contributed by atoms with van der Waals surface area (Å²) in [5.74, 6) is 0.0927. The van der Waals surface area contributed by atoms with Gasteiger partial charge < -0.3 is 10.1 Å². The standard InChI is InChI=1S/C21H15Br2ClFN5O2/c22-13-4-6-14(7-5-13)32-12-29-9-8-19(27-29)21(31)26-20-16(23)11-30(28-20)10-15-17(24)2-1-3-18(15)25/h1-9,11H,10,12H2,(H,26,28,31). The average Bonchev–Trinajstić information content (AvgIpc) is 3.37. The van der Waals surface area contributed by atoms with Crippen LogP contribution in [0.5, 0.6) is 5.75 Å². The maximum absolute atomic E-state index is 14.0. The molecule has 11 heteroatoms. The zero-order valence-corrected chi connectivity index (χ0v) is 20.2. The molecule has 0 atom stereocenters. The highest BCUT2D eigenvalue weighted by Gasteiger charge is 2.16. The zero-order chi connectivity index (χ0) is 22.7. The molecule has 4 aromatic rings. The van der Waals surface area contributed by atoms with Gasteiger partial charge in [-0.05, 0) is 58.4 Å². The SMILES string of the molecule is O=C(Nc1nn(Cc2c(F)cccc2Cl)cc1Br)c1ccn(COc2ccc(Br)cc2)n1. The lowest BCUT2D eigenvalue weighted by Crippen LogP contribution is -2.15. The first-order chi connectivity index (χ1) is 15.4. The quantitative estimate of drug-likeness (QED) is 0.302. The second-order valence-electron chi connectivity index (χ2n) is 6.65. The van der Waals surface area contributed by atoms with Crippen LogP contribution in [0, 0.1) is 5.82 Å². The number of nitrogens with zero attached hydrogens (tertiary/aromatic N) is 4. The average molecular weight is 584 g/mol. The summed E-state index contributed by atoms with van der Waals surface area (Å²) in [7, 11) is 0. The minimum absolute atomic E-state index is 0.113. The molecule has 0 aliphatic rings. The lowest BCUT2D eigenvalue weighted by molar-refractivity contribution is 0.101. The third-order valence-corrected chi connectivity index (χ3v) is 5.84. The van der Waals surface area contributed by atoms with Crippen molar-refractivity contribution in [3.8, 4) is 5.75 Å². The molecule has 7 nitrogen and oxygen atoms in total. The maximum atomic E-state index is 14.0. The molecule has 32 heavy (non-hydrogen) atoms. The van der Waals surface area contributed by atoms with Crippen LogP contribution >= 0.6 is 43.5 Å². The molecule has 4 rings (SSSR count). The van der Waals surface area contributed by atoms with E-state index in [0.29, 0.717) is 20.8 Å². The van der Waals surface area contributed by atoms with Crippen molar-refractivity contribution in [2.24, 2.45) is 0 Å². The molecule has 0 aliphatic heterocycles. The van der Waals surface area contributed by atoms with Crippen LogP contribution in [0.4, 0.5) is 10.2 Å². The summed E-state index contributed by atoms with van der Waals surface area (Å²) in [5.41, 5.74) is 0.509. The van der Waals surface area contributed by atoms with Crippen molar-refractivity contribution < 1.29 is 13.9 Å². The van der Waals surface area contributed by atoms with E-state index >= 15 is 0 Å². The molecule has 0 fully saturated rings. The van der Waals surface area contributed by atoms with Gasteiger partial charge in [0.15, 0.2) is 18.2 Å². The van der Waals surface area contributed by atoms with Crippen molar-refractivity contribution in [2.75, 3.05) is 5.32 Å². The van der Waals surface area contributed by atoms with Gasteiger partial charge >= 0.3 is 0 Å². The number of benzene rings is 2. The van der Waals surface area contributed by atoms with E-state index in [-0.39, 0.29) is 24.8 Å². The van der Waals surface area contributed by atoms with Gasteiger partial charge in [-0.15, -0.1) is 0 Å². The molecule has 0 unspecified atom stereocenters. The van der Waals surface area contributed by atoms with E-state index in [1.54, 1.807) is 24.5 Å². The van der Waals surface area contributed by atoms with Gasteiger partial charge in [0, 0.05) is 27.5 Å². The molecule has 1 amide bonds. The molecule has 1 N–H and O–H groups in total. The second kappa shape index (κ2) is 9.85. The Morgan fingerprint density at radius 3 is 2.62 bits per heavy atom. The summed E-state index contributed by atoms with van der Waals surface area (Å²) in [6.45, 7) is 0.263. The van der Waals surface area contributed by atoms with E-state index in [4.69, 9.17) is 16.3 Å². The maximum Gasteiger partial charge on any atom is 0.277 e. The highest BCUT2D eigenvalue weighted by Crippen LogP contribution is 2.24. The molecule has 2 aromatic carbocycles. The first-order valence-electron chi connectivity index (χ1n) is 9.28. The number of anilines is 1. The lowest BCUT2D eigenvalue weighted by Gasteiger charge is -2.06. The molecule has 0 saturated carbocycles. The molecule has 0 bridgehead atoms. The summed E-state index contributed by atoms with van der Waals surface area (Å²) < 4.78 is 24.2. The van der Waals surface area contributed by atoms with Crippen molar-refractivity contribution in [2.45, 2.75) is 13.3 Å². The van der Waals surface area contributed by atoms with Crippen LogP contribution in [0.1, 0.15) is 16.1 Å². The number of nitrogens with one attached hydrogen (secondary N) is 1. The summed E-state index contributed by atoms with van der Waals surface area (Å²) >= 11 is 12.8. The number of hydrogen-bond donors (Lipinski definition) is 1. The molecule has 0 aliphatic carbocycles. The van der Waals surface area contributed by atoms with E-state index in [1.165, 1.54) is 21.5 Å². The fourth-order valence-electron chi connectivity index (χ4n) is 2.81. The van der Waals surface area contributed by atoms with Gasteiger partial charge in [0.25, 0.3) is 5.91 Å². The fourth-order valence-corrected chi connectivity index (χ4v) is 3.71. The first-order valence-corrected chi connectivity index (χ1v) is 11.2. The number of ether oxygens (including phenoxy) is 1. The van der Waals surface area contributed by atoms with Gasteiger partial charge in [0.2, 0.25) is 0 Å². The van der Waals surface area contributed by atoms with Crippen molar-refractivity contribution in [3.05, 3.63) is 92.0 Å². The first kappa shape index (κ1) is 22.5. The van der Waals surface area contributed by atoms with E-state index in [9.17, 15) is 9.18 Å². The van der Waals surface area contributed by atoms with Gasteiger partial charge in [-0.25, -0.2) is 9.07 Å². The van der Waals surface area contributed by atoms with E-state index in [0.717, 1.165) is 4.47 Å². The molecule has 2 aromatic heterocycles. The second-order valence-corrected chi connectivity index (χ2v) is 8.82. The predicted octanol–water partition coefficient (Wildman–Crippen LogP) is 5.73. The Morgan fingerprint density at radius 1 is 1.09 bits per heavy atom. The van der Waals surface area contributed by atoms with Crippen LogP contribution < -0.4 is 10.1 Å². The number of amides is 1. The number of rotatable bonds is 7. The molecule has 0 spiro atoms. The minimum Gasteiger partial charge on any atom is -0.471 e. The molecule has 164 valence electrons. The van der Waals surface area contributed by atoms with Gasteiger partial charge in [0.1, 0.15) is 11.6 Å². The van der Waals surface area contributed by atoms with Crippen molar-refractivity contribution in [1.82, 2.24) is 19.6 Å². The topological polar surface area (TPSA) is 74.0 Å². The van der Waals surface area contributed by atoms with E-state index in [1.807, 2.05) is 24.3 Å². The Hall–Kier alpha value is -2.69. The Bertz CT molecular complexity index is 1240. The summed E-state index contributed by atoms with van der Waals surface area (Å²) in [4.78, 5) is 12.6. The smallest absolute Gasteiger partial charge is 0.277 e. The van der Waals surface area contributed by atoms with Crippen LogP contribution in [0.2, 0.25) is 5.02 Å². The third-order valence-electron chi connectivity index (χ3n) is 4.38. The molecule has 2 heterocycles. The Morgan fingerprint density at radius 2 is 1.88 bits per heavy atom. The largest absolute Gasteiger partial charge is 0.471 e. The highest BCUT2D eigenvalue weighted by atomic mass is 79.9. The van der Waals surface area contributed by atoms with Gasteiger partial charge in [-0.1, -0.05) is 33.6 Å². The molecular weight excluding hydrogens is 569 g/mol. The van der Waals surface area contributed by atoms with Crippen molar-refractivity contribution >= 4 is 55.2 Å². The Kier molecular flexibility index (Phi) is 6.92. The third kappa shape index (κ3) is 5.37. The van der Waals surface area contributed by atoms with Crippen molar-refractivity contribution in [3.63, 3.8) is 0 Å². The fraction of sp³-hybridized carbons (Fsp3) is 0.0952. The highest BCUT2D eigenvalue weighted by molar-refractivity contribution is 9.10. The summed E-state index contributed by atoms with van der Waals surface area (Å²) in [5, 5.41) is 11.5. The number of hydrogen-bond acceptors (Lipinski definition) is 4. The Labute approximate surface area is 204 Å². The van der Waals surface area contributed by atoms with Crippen LogP contribution in [-0.2, 0) is 13.3 Å². The zero-order valence-electron chi connectivity index (χ0n) is 16.3. The number of aromatic nitrogens is 4. The lowest BCUT2D eigenvalue weighted by atomic mass is 10.2. The van der Waals surface area contributed by atoms with Crippen LogP contribution in [0.3, 0.4) is 0 Å². The minimum atomic E-state index is -0.442. The van der Waals surface area contributed by atoms with E-state index in [2.05, 4.69) is 47.4 Å². The van der Waals surface area contributed by atoms with Crippen molar-refractivity contribution in [1.29, 1.82) is 0 Å². The summed E-state index contributed by atoms with van der Waals surface area (Å²) in [6, 6.07) is 13.4. The monoisotopic (exact) mass is 581 g/mol. The van der Waals surface area contributed by atoms with Crippen LogP contribution in [0.15, 0.2) is 69.9 Å². The Balaban J connectivity index is 1.39. The number of carbonyl (C=O) groups is 1. The van der Waals surface area contributed by atoms with Crippen LogP contribution in [0.25, 0.3) is 0 Å². The number of carbonyl (C=O) groups excluding carboxylic acids is 1. The predicted molar refractivity (Wildman–Crippen MR) is 125 cm³/mol. The van der Waals surface area contributed by atoms with Gasteiger partial charge in [-0.3, -0.25) is 9.48 Å². The van der Waals surface area contributed by atoms with Gasteiger partial charge in [-0.2, -0.15) is 10.2 Å². The summed E-state index contributed by atoms with van der Waals surface area (Å²) in [6.07, 6.45) is 3.27. The molecule has 0 saturated heterocycles. The number of halogens is 4.